The van der Waals surface area contributed by atoms with Crippen molar-refractivity contribution < 1.29 is 23.4 Å². The Morgan fingerprint density at radius 3 is 2.00 bits per heavy atom. The van der Waals surface area contributed by atoms with Crippen LogP contribution in [-0.4, -0.2) is 36.5 Å². The maximum Gasteiger partial charge on any atom is 0.418 e. The Hall–Kier alpha value is -2.45. The third-order valence-electron chi connectivity index (χ3n) is 3.44. The first-order valence-electron chi connectivity index (χ1n) is 7.60. The number of aliphatic hydroxyl groups excluding tert-OH is 2. The molecule has 134 valence electrons. The zero-order chi connectivity index (χ0) is 18.3. The summed E-state index contributed by atoms with van der Waals surface area (Å²) in [5.74, 6) is 0. The van der Waals surface area contributed by atoms with E-state index in [4.69, 9.17) is 10.2 Å². The van der Waals surface area contributed by atoms with Gasteiger partial charge in [0.25, 0.3) is 0 Å². The quantitative estimate of drug-likeness (QED) is 0.742. The first kappa shape index (κ1) is 18.9. The number of hydrogen-bond acceptors (Lipinski definition) is 5. The predicted molar refractivity (Wildman–Crippen MR) is 88.4 cm³/mol. The lowest BCUT2D eigenvalue weighted by Gasteiger charge is -2.22. The van der Waals surface area contributed by atoms with Crippen molar-refractivity contribution in [3.63, 3.8) is 0 Å². The summed E-state index contributed by atoms with van der Waals surface area (Å²) in [7, 11) is 0. The molecular weight excluding hydrogens is 335 g/mol. The summed E-state index contributed by atoms with van der Waals surface area (Å²) in [6.07, 6.45) is -4.49. The second-order valence-corrected chi connectivity index (χ2v) is 5.17. The van der Waals surface area contributed by atoms with Crippen LogP contribution < -0.4 is 4.90 Å². The molecule has 0 amide bonds. The van der Waals surface area contributed by atoms with Crippen LogP contribution in [0.4, 0.5) is 30.2 Å². The largest absolute Gasteiger partial charge is 0.418 e. The molecule has 0 aliphatic heterocycles. The van der Waals surface area contributed by atoms with Gasteiger partial charge in [0.1, 0.15) is 0 Å². The van der Waals surface area contributed by atoms with Gasteiger partial charge in [0, 0.05) is 18.8 Å². The Morgan fingerprint density at radius 2 is 1.44 bits per heavy atom. The molecule has 2 aromatic rings. The van der Waals surface area contributed by atoms with E-state index in [0.29, 0.717) is 18.8 Å². The molecule has 0 atom stereocenters. The Labute approximate surface area is 143 Å². The molecule has 0 saturated carbocycles. The number of nitrogens with zero attached hydrogens (tertiary/aromatic N) is 3. The lowest BCUT2D eigenvalue weighted by molar-refractivity contribution is -0.137. The van der Waals surface area contributed by atoms with E-state index in [1.165, 1.54) is 18.2 Å². The highest BCUT2D eigenvalue weighted by atomic mass is 19.4. The van der Waals surface area contributed by atoms with E-state index in [1.807, 2.05) is 0 Å². The zero-order valence-electron chi connectivity index (χ0n) is 13.3. The Kier molecular flexibility index (Phi) is 6.49. The number of halogens is 3. The van der Waals surface area contributed by atoms with Crippen LogP contribution in [0.3, 0.4) is 0 Å². The number of benzene rings is 2. The number of hydrogen-bond donors (Lipinski definition) is 2. The van der Waals surface area contributed by atoms with Gasteiger partial charge in [0.15, 0.2) is 0 Å². The van der Waals surface area contributed by atoms with Crippen molar-refractivity contribution in [1.29, 1.82) is 0 Å². The zero-order valence-corrected chi connectivity index (χ0v) is 13.3. The first-order valence-corrected chi connectivity index (χ1v) is 7.60. The molecule has 0 fully saturated rings. The molecule has 0 saturated heterocycles. The van der Waals surface area contributed by atoms with Crippen molar-refractivity contribution in [2.45, 2.75) is 6.18 Å². The van der Waals surface area contributed by atoms with E-state index in [2.05, 4.69) is 10.2 Å². The van der Waals surface area contributed by atoms with Gasteiger partial charge >= 0.3 is 6.18 Å². The van der Waals surface area contributed by atoms with Crippen LogP contribution in [-0.2, 0) is 6.18 Å². The maximum absolute atomic E-state index is 12.9. The molecule has 0 unspecified atom stereocenters. The predicted octanol–water partition coefficient (Wildman–Crippen LogP) is 3.91. The van der Waals surface area contributed by atoms with E-state index in [9.17, 15) is 13.2 Å². The van der Waals surface area contributed by atoms with Crippen LogP contribution in [0.5, 0.6) is 0 Å². The van der Waals surface area contributed by atoms with Crippen molar-refractivity contribution in [1.82, 2.24) is 0 Å². The average molecular weight is 353 g/mol. The number of alkyl halides is 3. The van der Waals surface area contributed by atoms with E-state index >= 15 is 0 Å². The summed E-state index contributed by atoms with van der Waals surface area (Å²) in [6.45, 7) is 0.603. The molecule has 2 rings (SSSR count). The van der Waals surface area contributed by atoms with Gasteiger partial charge in [0.05, 0.1) is 30.2 Å². The number of anilines is 1. The van der Waals surface area contributed by atoms with Gasteiger partial charge in [-0.25, -0.2) is 0 Å². The van der Waals surface area contributed by atoms with Crippen molar-refractivity contribution in [3.8, 4) is 0 Å². The molecule has 0 spiro atoms. The molecule has 8 heteroatoms. The van der Waals surface area contributed by atoms with Crippen molar-refractivity contribution >= 4 is 17.1 Å². The van der Waals surface area contributed by atoms with Crippen molar-refractivity contribution in [2.24, 2.45) is 10.2 Å². The molecule has 0 radical (unpaired) electrons. The molecule has 2 aromatic carbocycles. The second-order valence-electron chi connectivity index (χ2n) is 5.17. The van der Waals surface area contributed by atoms with Gasteiger partial charge in [0.2, 0.25) is 0 Å². The summed E-state index contributed by atoms with van der Waals surface area (Å²) in [5, 5.41) is 25.6. The van der Waals surface area contributed by atoms with Gasteiger partial charge < -0.3 is 15.1 Å². The minimum atomic E-state index is -4.49. The lowest BCUT2D eigenvalue weighted by atomic mass is 10.2. The topological polar surface area (TPSA) is 68.4 Å². The highest BCUT2D eigenvalue weighted by Crippen LogP contribution is 2.36. The van der Waals surface area contributed by atoms with Crippen LogP contribution >= 0.6 is 0 Å². The smallest absolute Gasteiger partial charge is 0.395 e. The summed E-state index contributed by atoms with van der Waals surface area (Å²) in [5.41, 5.74) is 0.0696. The van der Waals surface area contributed by atoms with Gasteiger partial charge in [-0.1, -0.05) is 12.1 Å². The fraction of sp³-hybridized carbons (Fsp3) is 0.294. The lowest BCUT2D eigenvalue weighted by Crippen LogP contribution is -2.29. The van der Waals surface area contributed by atoms with Crippen LogP contribution in [0.2, 0.25) is 0 Å². The Morgan fingerprint density at radius 1 is 0.840 bits per heavy atom. The standard InChI is InChI=1S/C17H18F3N3O2/c18-17(19,20)15-3-1-2-4-16(15)22-21-13-5-7-14(8-6-13)23(9-11-24)10-12-25/h1-8,24-25H,9-12H2. The molecule has 2 N–H and O–H groups in total. The maximum atomic E-state index is 12.9. The monoisotopic (exact) mass is 353 g/mol. The molecule has 25 heavy (non-hydrogen) atoms. The fourth-order valence-electron chi connectivity index (χ4n) is 2.25. The van der Waals surface area contributed by atoms with E-state index in [1.54, 1.807) is 29.2 Å². The highest BCUT2D eigenvalue weighted by Gasteiger charge is 2.33. The minimum absolute atomic E-state index is 0.0598. The molecule has 0 aliphatic carbocycles. The SMILES string of the molecule is OCCN(CCO)c1ccc(N=Nc2ccccc2C(F)(F)F)cc1. The molecule has 0 heterocycles. The van der Waals surface area contributed by atoms with Crippen molar-refractivity contribution in [3.05, 3.63) is 54.1 Å². The summed E-state index contributed by atoms with van der Waals surface area (Å²) in [6, 6.07) is 11.6. The summed E-state index contributed by atoms with van der Waals surface area (Å²) in [4.78, 5) is 1.78. The second kappa shape index (κ2) is 8.59. The van der Waals surface area contributed by atoms with Gasteiger partial charge in [-0.15, -0.1) is 5.11 Å². The Balaban J connectivity index is 2.18. The molecule has 5 nitrogen and oxygen atoms in total. The van der Waals surface area contributed by atoms with Gasteiger partial charge in [-0.2, -0.15) is 18.3 Å². The first-order chi connectivity index (χ1) is 12.0. The van der Waals surface area contributed by atoms with Crippen LogP contribution in [0.1, 0.15) is 5.56 Å². The molecular formula is C17H18F3N3O2. The van der Waals surface area contributed by atoms with Gasteiger partial charge in [-0.05, 0) is 36.4 Å². The molecule has 0 aliphatic rings. The third-order valence-corrected chi connectivity index (χ3v) is 3.44. The van der Waals surface area contributed by atoms with Gasteiger partial charge in [-0.3, -0.25) is 0 Å². The number of rotatable bonds is 7. The minimum Gasteiger partial charge on any atom is -0.395 e. The van der Waals surface area contributed by atoms with E-state index in [0.717, 1.165) is 11.8 Å². The highest BCUT2D eigenvalue weighted by molar-refractivity contribution is 5.53. The van der Waals surface area contributed by atoms with Crippen LogP contribution in [0, 0.1) is 0 Å². The van der Waals surface area contributed by atoms with E-state index in [-0.39, 0.29) is 18.9 Å². The summed E-state index contributed by atoms with van der Waals surface area (Å²) >= 11 is 0. The van der Waals surface area contributed by atoms with Crippen LogP contribution in [0.25, 0.3) is 0 Å². The fourth-order valence-corrected chi connectivity index (χ4v) is 2.25. The van der Waals surface area contributed by atoms with E-state index < -0.39 is 11.7 Å². The molecule has 0 bridgehead atoms. The number of aliphatic hydroxyl groups is 2. The number of azo groups is 1. The third kappa shape index (κ3) is 5.27. The summed E-state index contributed by atoms with van der Waals surface area (Å²) < 4.78 is 38.7. The molecule has 0 aromatic heterocycles. The average Bonchev–Trinajstić information content (AvgIpc) is 2.60. The Bertz CT molecular complexity index is 697. The van der Waals surface area contributed by atoms with Crippen LogP contribution in [0.15, 0.2) is 58.8 Å². The normalized spacial score (nSPS) is 11.9. The van der Waals surface area contributed by atoms with Crippen molar-refractivity contribution in [2.75, 3.05) is 31.2 Å².